The summed E-state index contributed by atoms with van der Waals surface area (Å²) < 4.78 is 38.7. The van der Waals surface area contributed by atoms with Gasteiger partial charge in [-0.15, -0.1) is 0 Å². The van der Waals surface area contributed by atoms with Gasteiger partial charge in [0.2, 0.25) is 0 Å². The van der Waals surface area contributed by atoms with E-state index in [0.717, 1.165) is 5.69 Å². The third kappa shape index (κ3) is 4.75. The van der Waals surface area contributed by atoms with Crippen LogP contribution >= 0.6 is 11.6 Å². The van der Waals surface area contributed by atoms with E-state index in [0.29, 0.717) is 44.0 Å². The molecule has 144 valence electrons. The summed E-state index contributed by atoms with van der Waals surface area (Å²) in [5.41, 5.74) is 1.01. The van der Waals surface area contributed by atoms with Gasteiger partial charge in [-0.3, -0.25) is 0 Å². The van der Waals surface area contributed by atoms with E-state index in [1.807, 2.05) is 24.3 Å². The van der Waals surface area contributed by atoms with E-state index in [1.165, 1.54) is 0 Å². The maximum atomic E-state index is 12.9. The highest BCUT2D eigenvalue weighted by Crippen LogP contribution is 2.37. The maximum absolute atomic E-state index is 12.9. The van der Waals surface area contributed by atoms with E-state index >= 15 is 0 Å². The molecule has 0 radical (unpaired) electrons. The maximum Gasteiger partial charge on any atom is 0.391 e. The minimum Gasteiger partial charge on any atom is -0.368 e. The van der Waals surface area contributed by atoms with Crippen LogP contribution in [0, 0.1) is 5.92 Å². The Morgan fingerprint density at radius 1 is 1.15 bits per heavy atom. The van der Waals surface area contributed by atoms with Crippen LogP contribution in [0.5, 0.6) is 0 Å². The van der Waals surface area contributed by atoms with Crippen LogP contribution in [0.15, 0.2) is 24.3 Å². The van der Waals surface area contributed by atoms with Gasteiger partial charge in [0, 0.05) is 42.9 Å². The first-order valence-electron chi connectivity index (χ1n) is 8.95. The quantitative estimate of drug-likeness (QED) is 0.818. The van der Waals surface area contributed by atoms with Gasteiger partial charge in [0.05, 0.1) is 5.92 Å². The zero-order valence-electron chi connectivity index (χ0n) is 14.4. The Balaban J connectivity index is 1.49. The summed E-state index contributed by atoms with van der Waals surface area (Å²) in [6.45, 7) is 2.41. The highest BCUT2D eigenvalue weighted by atomic mass is 35.5. The molecule has 1 saturated heterocycles. The second-order valence-corrected chi connectivity index (χ2v) is 7.44. The summed E-state index contributed by atoms with van der Waals surface area (Å²) in [5, 5.41) is 3.47. The van der Waals surface area contributed by atoms with Gasteiger partial charge in [-0.25, -0.2) is 4.79 Å². The average Bonchev–Trinajstić information content (AvgIpc) is 2.61. The van der Waals surface area contributed by atoms with Crippen LogP contribution in [-0.2, 0) is 0 Å². The van der Waals surface area contributed by atoms with Gasteiger partial charge < -0.3 is 15.1 Å². The number of nitrogens with zero attached hydrogens (tertiary/aromatic N) is 2. The molecule has 1 heterocycles. The van der Waals surface area contributed by atoms with Crippen molar-refractivity contribution in [1.29, 1.82) is 0 Å². The highest BCUT2D eigenvalue weighted by Gasteiger charge is 2.42. The van der Waals surface area contributed by atoms with Crippen LogP contribution in [-0.4, -0.2) is 49.3 Å². The van der Waals surface area contributed by atoms with Crippen molar-refractivity contribution in [1.82, 2.24) is 10.2 Å². The molecule has 2 atom stereocenters. The van der Waals surface area contributed by atoms with Crippen molar-refractivity contribution in [2.75, 3.05) is 31.1 Å². The van der Waals surface area contributed by atoms with Crippen molar-refractivity contribution in [3.8, 4) is 0 Å². The molecule has 2 fully saturated rings. The fraction of sp³-hybridized carbons (Fsp3) is 0.611. The predicted octanol–water partition coefficient (Wildman–Crippen LogP) is 4.29. The first-order chi connectivity index (χ1) is 12.3. The van der Waals surface area contributed by atoms with Crippen LogP contribution in [0.2, 0.25) is 5.02 Å². The summed E-state index contributed by atoms with van der Waals surface area (Å²) in [6.07, 6.45) is -2.92. The molecule has 26 heavy (non-hydrogen) atoms. The van der Waals surface area contributed by atoms with Crippen LogP contribution < -0.4 is 10.2 Å². The van der Waals surface area contributed by atoms with Gasteiger partial charge in [0.25, 0.3) is 0 Å². The first-order valence-corrected chi connectivity index (χ1v) is 9.33. The number of benzene rings is 1. The number of amides is 2. The lowest BCUT2D eigenvalue weighted by molar-refractivity contribution is -0.183. The van der Waals surface area contributed by atoms with E-state index in [1.54, 1.807) is 4.90 Å². The van der Waals surface area contributed by atoms with Gasteiger partial charge >= 0.3 is 12.2 Å². The fourth-order valence-corrected chi connectivity index (χ4v) is 3.91. The van der Waals surface area contributed by atoms with E-state index in [4.69, 9.17) is 11.6 Å². The Morgan fingerprint density at radius 2 is 1.88 bits per heavy atom. The molecule has 0 unspecified atom stereocenters. The van der Waals surface area contributed by atoms with Crippen molar-refractivity contribution < 1.29 is 18.0 Å². The SMILES string of the molecule is O=C(N[C@H]1CCC[C@@H](C(F)(F)F)C1)N1CCN(c2cccc(Cl)c2)CC1. The summed E-state index contributed by atoms with van der Waals surface area (Å²) >= 11 is 6.01. The lowest BCUT2D eigenvalue weighted by Crippen LogP contribution is -2.54. The molecule has 8 heteroatoms. The zero-order chi connectivity index (χ0) is 18.7. The molecular weight excluding hydrogens is 367 g/mol. The number of carbonyl (C=O) groups is 1. The number of halogens is 4. The molecule has 2 aliphatic rings. The second kappa shape index (κ2) is 7.94. The number of piperazine rings is 1. The van der Waals surface area contributed by atoms with Crippen molar-refractivity contribution in [3.05, 3.63) is 29.3 Å². The van der Waals surface area contributed by atoms with Crippen molar-refractivity contribution >= 4 is 23.3 Å². The van der Waals surface area contributed by atoms with Crippen molar-refractivity contribution in [3.63, 3.8) is 0 Å². The number of hydrogen-bond donors (Lipinski definition) is 1. The lowest BCUT2D eigenvalue weighted by atomic mass is 9.85. The fourth-order valence-electron chi connectivity index (χ4n) is 3.72. The van der Waals surface area contributed by atoms with Crippen LogP contribution in [0.25, 0.3) is 0 Å². The molecule has 1 saturated carbocycles. The number of alkyl halides is 3. The Labute approximate surface area is 156 Å². The van der Waals surface area contributed by atoms with E-state index < -0.39 is 18.1 Å². The molecule has 1 aromatic rings. The summed E-state index contributed by atoms with van der Waals surface area (Å²) in [5.74, 6) is -1.30. The summed E-state index contributed by atoms with van der Waals surface area (Å²) in [4.78, 5) is 16.2. The third-order valence-electron chi connectivity index (χ3n) is 5.20. The van der Waals surface area contributed by atoms with Crippen LogP contribution in [0.1, 0.15) is 25.7 Å². The highest BCUT2D eigenvalue weighted by molar-refractivity contribution is 6.30. The molecule has 1 aliphatic heterocycles. The number of hydrogen-bond acceptors (Lipinski definition) is 2. The van der Waals surface area contributed by atoms with Crippen LogP contribution in [0.3, 0.4) is 0 Å². The molecule has 4 nitrogen and oxygen atoms in total. The Kier molecular flexibility index (Phi) is 5.85. The first kappa shape index (κ1) is 19.1. The van der Waals surface area contributed by atoms with Gasteiger partial charge in [0.1, 0.15) is 0 Å². The van der Waals surface area contributed by atoms with Gasteiger partial charge in [-0.05, 0) is 37.5 Å². The number of urea groups is 1. The minimum atomic E-state index is -4.17. The molecule has 0 aromatic heterocycles. The monoisotopic (exact) mass is 389 g/mol. The van der Waals surface area contributed by atoms with E-state index in [9.17, 15) is 18.0 Å². The summed E-state index contributed by atoms with van der Waals surface area (Å²) in [6, 6.07) is 6.90. The number of carbonyl (C=O) groups excluding carboxylic acids is 1. The normalized spacial score (nSPS) is 24.5. The number of rotatable bonds is 2. The molecule has 3 rings (SSSR count). The third-order valence-corrected chi connectivity index (χ3v) is 5.44. The molecule has 1 N–H and O–H groups in total. The van der Waals surface area contributed by atoms with Gasteiger partial charge in [0.15, 0.2) is 0 Å². The van der Waals surface area contributed by atoms with Gasteiger partial charge in [-0.2, -0.15) is 13.2 Å². The molecular formula is C18H23ClF3N3O. The topological polar surface area (TPSA) is 35.6 Å². The Bertz CT molecular complexity index is 632. The zero-order valence-corrected chi connectivity index (χ0v) is 15.2. The van der Waals surface area contributed by atoms with Gasteiger partial charge in [-0.1, -0.05) is 24.1 Å². The molecule has 1 aromatic carbocycles. The second-order valence-electron chi connectivity index (χ2n) is 7.01. The van der Waals surface area contributed by atoms with E-state index in [2.05, 4.69) is 10.2 Å². The van der Waals surface area contributed by atoms with E-state index in [-0.39, 0.29) is 18.9 Å². The molecule has 0 spiro atoms. The van der Waals surface area contributed by atoms with Crippen LogP contribution in [0.4, 0.5) is 23.7 Å². The number of nitrogens with one attached hydrogen (secondary N) is 1. The standard InChI is InChI=1S/C18H23ClF3N3O/c19-14-4-2-6-16(12-14)24-7-9-25(10-8-24)17(26)23-15-5-1-3-13(11-15)18(20,21)22/h2,4,6,12-13,15H,1,3,5,7-11H2,(H,23,26)/t13-,15+/m1/s1. The molecule has 0 bridgehead atoms. The summed E-state index contributed by atoms with van der Waals surface area (Å²) in [7, 11) is 0. The molecule has 2 amide bonds. The van der Waals surface area contributed by atoms with Crippen molar-refractivity contribution in [2.24, 2.45) is 5.92 Å². The Hall–Kier alpha value is -1.63. The largest absolute Gasteiger partial charge is 0.391 e. The minimum absolute atomic E-state index is 0.0162. The predicted molar refractivity (Wildman–Crippen MR) is 95.6 cm³/mol. The van der Waals surface area contributed by atoms with Crippen molar-refractivity contribution in [2.45, 2.75) is 37.9 Å². The smallest absolute Gasteiger partial charge is 0.368 e. The average molecular weight is 390 g/mol. The Morgan fingerprint density at radius 3 is 2.54 bits per heavy atom. The molecule has 1 aliphatic carbocycles. The number of anilines is 1. The lowest BCUT2D eigenvalue weighted by Gasteiger charge is -2.38.